The second kappa shape index (κ2) is 7.62. The number of fused-ring (bicyclic) bond motifs is 1. The van der Waals surface area contributed by atoms with E-state index in [-0.39, 0.29) is 28.9 Å². The van der Waals surface area contributed by atoms with Gasteiger partial charge in [0, 0.05) is 15.8 Å². The fraction of sp³-hybridized carbons (Fsp3) is 0.389. The first-order valence-corrected chi connectivity index (χ1v) is 8.23. The third kappa shape index (κ3) is 3.51. The van der Waals surface area contributed by atoms with Crippen LogP contribution in [0.15, 0.2) is 18.2 Å². The smallest absolute Gasteiger partial charge is 0.313 e. The van der Waals surface area contributed by atoms with Crippen molar-refractivity contribution >= 4 is 28.3 Å². The number of rotatable bonds is 6. The topological polar surface area (TPSA) is 65.0 Å². The van der Waals surface area contributed by atoms with Gasteiger partial charge in [-0.15, -0.1) is 0 Å². The van der Waals surface area contributed by atoms with Crippen molar-refractivity contribution in [3.8, 4) is 23.0 Å². The number of ether oxygens (including phenoxy) is 3. The number of phenolic OH excluding ortho intramolecular Hbond substituents is 1. The van der Waals surface area contributed by atoms with E-state index in [1.807, 2.05) is 0 Å². The van der Waals surface area contributed by atoms with Gasteiger partial charge < -0.3 is 19.3 Å². The summed E-state index contributed by atoms with van der Waals surface area (Å²) in [6, 6.07) is 4.93. The summed E-state index contributed by atoms with van der Waals surface area (Å²) < 4.78 is 16.7. The minimum Gasteiger partial charge on any atom is -0.504 e. The van der Waals surface area contributed by atoms with Crippen molar-refractivity contribution < 1.29 is 24.1 Å². The molecule has 0 aliphatic heterocycles. The molecule has 0 saturated carbocycles. The molecule has 2 rings (SSSR count). The lowest BCUT2D eigenvalue weighted by Crippen LogP contribution is -2.16. The minimum absolute atomic E-state index is 0.0952. The molecular weight excluding hydrogens is 332 g/mol. The van der Waals surface area contributed by atoms with Gasteiger partial charge >= 0.3 is 5.97 Å². The summed E-state index contributed by atoms with van der Waals surface area (Å²) in [5.74, 6) is -0.238. The summed E-state index contributed by atoms with van der Waals surface area (Å²) in [6.45, 7) is 7.71. The summed E-state index contributed by atoms with van der Waals surface area (Å²) in [5.41, 5.74) is 0. The van der Waals surface area contributed by atoms with Crippen molar-refractivity contribution in [3.63, 3.8) is 0 Å². The molecular formula is C18H21ClO5. The molecule has 0 aromatic heterocycles. The Labute approximate surface area is 146 Å². The fourth-order valence-electron chi connectivity index (χ4n) is 2.24. The Morgan fingerprint density at radius 2 is 1.71 bits per heavy atom. The third-order valence-corrected chi connectivity index (χ3v) is 3.60. The lowest BCUT2D eigenvalue weighted by atomic mass is 10.1. The summed E-state index contributed by atoms with van der Waals surface area (Å²) in [7, 11) is 0. The van der Waals surface area contributed by atoms with E-state index in [4.69, 9.17) is 25.8 Å². The van der Waals surface area contributed by atoms with E-state index in [2.05, 4.69) is 0 Å². The van der Waals surface area contributed by atoms with Crippen LogP contribution >= 0.6 is 11.6 Å². The minimum atomic E-state index is -0.402. The van der Waals surface area contributed by atoms with Crippen molar-refractivity contribution in [1.29, 1.82) is 0 Å². The van der Waals surface area contributed by atoms with E-state index in [1.165, 1.54) is 0 Å². The Balaban J connectivity index is 2.80. The predicted octanol–water partition coefficient (Wildman–Crippen LogP) is 4.56. The second-order valence-electron chi connectivity index (χ2n) is 5.47. The molecule has 24 heavy (non-hydrogen) atoms. The number of phenols is 1. The average Bonchev–Trinajstić information content (AvgIpc) is 2.54. The van der Waals surface area contributed by atoms with E-state index in [0.717, 1.165) is 0 Å². The summed E-state index contributed by atoms with van der Waals surface area (Å²) in [6.07, 6.45) is 0. The molecule has 0 radical (unpaired) electrons. The number of hydrogen-bond acceptors (Lipinski definition) is 5. The normalized spacial score (nSPS) is 10.9. The second-order valence-corrected chi connectivity index (χ2v) is 5.90. The molecule has 0 saturated heterocycles. The third-order valence-electron chi connectivity index (χ3n) is 3.36. The highest BCUT2D eigenvalue weighted by atomic mass is 35.5. The van der Waals surface area contributed by atoms with Gasteiger partial charge in [-0.3, -0.25) is 4.79 Å². The molecule has 5 nitrogen and oxygen atoms in total. The van der Waals surface area contributed by atoms with E-state index < -0.39 is 5.97 Å². The monoisotopic (exact) mass is 352 g/mol. The predicted molar refractivity (Wildman–Crippen MR) is 93.4 cm³/mol. The maximum atomic E-state index is 12.1. The molecule has 0 fully saturated rings. The number of carbonyl (C=O) groups is 1. The molecule has 2 aromatic carbocycles. The largest absolute Gasteiger partial charge is 0.504 e. The molecule has 0 amide bonds. The van der Waals surface area contributed by atoms with E-state index in [1.54, 1.807) is 45.9 Å². The van der Waals surface area contributed by atoms with Gasteiger partial charge in [0.05, 0.1) is 19.1 Å². The van der Waals surface area contributed by atoms with Crippen LogP contribution in [0.2, 0.25) is 5.02 Å². The van der Waals surface area contributed by atoms with Gasteiger partial charge in [0.15, 0.2) is 11.5 Å². The number of carbonyl (C=O) groups excluding carboxylic acids is 1. The number of halogens is 1. The Morgan fingerprint density at radius 3 is 2.29 bits per heavy atom. The quantitative estimate of drug-likeness (QED) is 0.610. The Morgan fingerprint density at radius 1 is 1.08 bits per heavy atom. The highest BCUT2D eigenvalue weighted by molar-refractivity contribution is 6.31. The SMILES string of the molecule is CCOc1c(OCC)c(OC(=O)C(C)C)c2ccc(Cl)cc2c1O. The molecule has 1 N–H and O–H groups in total. The van der Waals surface area contributed by atoms with E-state index in [0.29, 0.717) is 29.0 Å². The van der Waals surface area contributed by atoms with Gasteiger partial charge in [-0.05, 0) is 32.0 Å². The van der Waals surface area contributed by atoms with Gasteiger partial charge in [-0.1, -0.05) is 25.4 Å². The zero-order valence-corrected chi connectivity index (χ0v) is 14.9. The maximum Gasteiger partial charge on any atom is 0.313 e. The van der Waals surface area contributed by atoms with Crippen LogP contribution < -0.4 is 14.2 Å². The molecule has 130 valence electrons. The first-order chi connectivity index (χ1) is 11.4. The van der Waals surface area contributed by atoms with Crippen molar-refractivity contribution in [2.45, 2.75) is 27.7 Å². The van der Waals surface area contributed by atoms with Crippen LogP contribution in [0.3, 0.4) is 0 Å². The number of benzene rings is 2. The van der Waals surface area contributed by atoms with Gasteiger partial charge in [0.2, 0.25) is 11.5 Å². The van der Waals surface area contributed by atoms with Crippen molar-refractivity contribution in [2.24, 2.45) is 5.92 Å². The van der Waals surface area contributed by atoms with E-state index in [9.17, 15) is 9.90 Å². The summed E-state index contributed by atoms with van der Waals surface area (Å²) in [4.78, 5) is 12.1. The van der Waals surface area contributed by atoms with Crippen LogP contribution in [0.1, 0.15) is 27.7 Å². The average molecular weight is 353 g/mol. The number of esters is 1. The molecule has 0 heterocycles. The lowest BCUT2D eigenvalue weighted by Gasteiger charge is -2.19. The first kappa shape index (κ1) is 18.2. The first-order valence-electron chi connectivity index (χ1n) is 7.86. The Kier molecular flexibility index (Phi) is 5.78. The van der Waals surface area contributed by atoms with Crippen LogP contribution in [-0.2, 0) is 4.79 Å². The van der Waals surface area contributed by atoms with Crippen molar-refractivity contribution in [3.05, 3.63) is 23.2 Å². The molecule has 0 aliphatic carbocycles. The highest BCUT2D eigenvalue weighted by Crippen LogP contribution is 2.51. The molecule has 0 unspecified atom stereocenters. The molecule has 0 aliphatic rings. The van der Waals surface area contributed by atoms with Crippen LogP contribution in [0.5, 0.6) is 23.0 Å². The van der Waals surface area contributed by atoms with Gasteiger partial charge in [0.25, 0.3) is 0 Å². The molecule has 2 aromatic rings. The summed E-state index contributed by atoms with van der Waals surface area (Å²) >= 11 is 6.04. The van der Waals surface area contributed by atoms with Crippen molar-refractivity contribution in [1.82, 2.24) is 0 Å². The van der Waals surface area contributed by atoms with Gasteiger partial charge in [-0.25, -0.2) is 0 Å². The molecule has 0 atom stereocenters. The van der Waals surface area contributed by atoms with E-state index >= 15 is 0 Å². The number of hydrogen-bond donors (Lipinski definition) is 1. The van der Waals surface area contributed by atoms with Crippen LogP contribution in [0, 0.1) is 5.92 Å². The standard InChI is InChI=1S/C18H21ClO5/c1-5-22-16-14(20)13-9-11(19)7-8-12(13)15(17(16)23-6-2)24-18(21)10(3)4/h7-10,20H,5-6H2,1-4H3. The fourth-order valence-corrected chi connectivity index (χ4v) is 2.41. The molecule has 6 heteroatoms. The Hall–Kier alpha value is -2.14. The van der Waals surface area contributed by atoms with Crippen LogP contribution in [0.25, 0.3) is 10.8 Å². The molecule has 0 spiro atoms. The Bertz CT molecular complexity index is 755. The van der Waals surface area contributed by atoms with Crippen molar-refractivity contribution in [2.75, 3.05) is 13.2 Å². The summed E-state index contributed by atoms with van der Waals surface area (Å²) in [5, 5.41) is 12.0. The van der Waals surface area contributed by atoms with Gasteiger partial charge in [-0.2, -0.15) is 0 Å². The molecule has 0 bridgehead atoms. The van der Waals surface area contributed by atoms with Crippen LogP contribution in [0.4, 0.5) is 0 Å². The van der Waals surface area contributed by atoms with Crippen LogP contribution in [-0.4, -0.2) is 24.3 Å². The number of aromatic hydroxyl groups is 1. The zero-order valence-electron chi connectivity index (χ0n) is 14.2. The maximum absolute atomic E-state index is 12.1. The lowest BCUT2D eigenvalue weighted by molar-refractivity contribution is -0.137. The van der Waals surface area contributed by atoms with Gasteiger partial charge in [0.1, 0.15) is 0 Å². The zero-order chi connectivity index (χ0) is 17.9. The highest BCUT2D eigenvalue weighted by Gasteiger charge is 2.25.